The van der Waals surface area contributed by atoms with E-state index in [4.69, 9.17) is 4.74 Å². The summed E-state index contributed by atoms with van der Waals surface area (Å²) in [6.45, 7) is 6.31. The van der Waals surface area contributed by atoms with E-state index in [0.29, 0.717) is 11.1 Å². The molecule has 1 rings (SSSR count). The van der Waals surface area contributed by atoms with Gasteiger partial charge in [0.15, 0.2) is 0 Å². The average molecular weight is 470 g/mol. The van der Waals surface area contributed by atoms with Crippen LogP contribution in [0.3, 0.4) is 0 Å². The molecule has 178 valence electrons. The first kappa shape index (κ1) is 27.1. The van der Waals surface area contributed by atoms with E-state index in [1.54, 1.807) is 33.8 Å². The summed E-state index contributed by atoms with van der Waals surface area (Å²) in [6.07, 6.45) is -0.800. The number of aryl methyl sites for hydroxylation is 1. The van der Waals surface area contributed by atoms with E-state index in [9.17, 15) is 24.3 Å². The lowest BCUT2D eigenvalue weighted by Crippen LogP contribution is -2.52. The maximum absolute atomic E-state index is 13.1. The molecule has 0 aliphatic carbocycles. The van der Waals surface area contributed by atoms with Gasteiger partial charge in [0.05, 0.1) is 7.11 Å². The molecule has 10 nitrogen and oxygen atoms in total. The molecule has 32 heavy (non-hydrogen) atoms. The van der Waals surface area contributed by atoms with E-state index >= 15 is 0 Å². The summed E-state index contributed by atoms with van der Waals surface area (Å²) in [6, 6.07) is 2.21. The standard InChI is InChI=1S/C21H31N3O7S/c1-12-9-13(7-8-15(12)25)17(18(27)22-10-16(26)30-6)24(5)19(28)14(11-32)23-20(29)31-21(2,3)4/h7-9,14,17,25,32H,10-11H2,1-6H3,(H,22,27)(H,23,29). The highest BCUT2D eigenvalue weighted by Crippen LogP contribution is 2.26. The number of methoxy groups -OCH3 is 1. The van der Waals surface area contributed by atoms with Crippen LogP contribution in [0.4, 0.5) is 4.79 Å². The smallest absolute Gasteiger partial charge is 0.408 e. The highest BCUT2D eigenvalue weighted by Gasteiger charge is 2.34. The second-order valence-corrected chi connectivity index (χ2v) is 8.44. The van der Waals surface area contributed by atoms with Gasteiger partial charge >= 0.3 is 12.1 Å². The third-order valence-electron chi connectivity index (χ3n) is 4.33. The van der Waals surface area contributed by atoms with Gasteiger partial charge in [-0.3, -0.25) is 14.4 Å². The first-order chi connectivity index (χ1) is 14.8. The zero-order chi connectivity index (χ0) is 24.6. The van der Waals surface area contributed by atoms with Crippen molar-refractivity contribution in [2.24, 2.45) is 0 Å². The summed E-state index contributed by atoms with van der Waals surface area (Å²) in [4.78, 5) is 50.8. The van der Waals surface area contributed by atoms with Crippen molar-refractivity contribution in [2.45, 2.75) is 45.4 Å². The number of ether oxygens (including phenoxy) is 2. The number of phenols is 1. The molecule has 0 radical (unpaired) electrons. The van der Waals surface area contributed by atoms with Crippen LogP contribution in [0.1, 0.15) is 37.9 Å². The predicted molar refractivity (Wildman–Crippen MR) is 120 cm³/mol. The zero-order valence-electron chi connectivity index (χ0n) is 19.1. The number of phenolic OH excluding ortho intramolecular Hbond substituents is 1. The van der Waals surface area contributed by atoms with Crippen LogP contribution in [0.5, 0.6) is 5.75 Å². The summed E-state index contributed by atoms with van der Waals surface area (Å²) >= 11 is 4.14. The third-order valence-corrected chi connectivity index (χ3v) is 4.69. The lowest BCUT2D eigenvalue weighted by atomic mass is 10.0. The quantitative estimate of drug-likeness (QED) is 0.333. The van der Waals surface area contributed by atoms with Crippen molar-refractivity contribution in [3.05, 3.63) is 29.3 Å². The van der Waals surface area contributed by atoms with Crippen molar-refractivity contribution in [1.29, 1.82) is 0 Å². The fourth-order valence-electron chi connectivity index (χ4n) is 2.74. The molecule has 0 saturated carbocycles. The number of esters is 1. The van der Waals surface area contributed by atoms with Crippen LogP contribution in [-0.2, 0) is 23.9 Å². The Bertz CT molecular complexity index is 854. The van der Waals surface area contributed by atoms with Crippen molar-refractivity contribution >= 4 is 36.5 Å². The van der Waals surface area contributed by atoms with Gasteiger partial charge in [-0.05, 0) is 51.0 Å². The van der Waals surface area contributed by atoms with Gasteiger partial charge in [-0.1, -0.05) is 6.07 Å². The van der Waals surface area contributed by atoms with Gasteiger partial charge in [0, 0.05) is 12.8 Å². The number of hydrogen-bond donors (Lipinski definition) is 4. The van der Waals surface area contributed by atoms with Gasteiger partial charge in [-0.2, -0.15) is 12.6 Å². The maximum atomic E-state index is 13.1. The van der Waals surface area contributed by atoms with E-state index < -0.39 is 48.1 Å². The van der Waals surface area contributed by atoms with Gasteiger partial charge in [-0.15, -0.1) is 0 Å². The fourth-order valence-corrected chi connectivity index (χ4v) is 2.98. The molecule has 2 atom stereocenters. The molecule has 3 N–H and O–H groups in total. The molecule has 0 aromatic heterocycles. The van der Waals surface area contributed by atoms with E-state index in [1.807, 2.05) is 0 Å². The van der Waals surface area contributed by atoms with Crippen molar-refractivity contribution in [1.82, 2.24) is 15.5 Å². The number of thiol groups is 1. The lowest BCUT2D eigenvalue weighted by Gasteiger charge is -2.31. The van der Waals surface area contributed by atoms with Crippen LogP contribution in [0.25, 0.3) is 0 Å². The second kappa shape index (κ2) is 11.6. The van der Waals surface area contributed by atoms with E-state index in [2.05, 4.69) is 28.0 Å². The van der Waals surface area contributed by atoms with Crippen molar-refractivity contribution in [3.63, 3.8) is 0 Å². The van der Waals surface area contributed by atoms with Crippen LogP contribution in [0, 0.1) is 6.92 Å². The Morgan fingerprint density at radius 2 is 1.84 bits per heavy atom. The highest BCUT2D eigenvalue weighted by atomic mass is 32.1. The first-order valence-electron chi connectivity index (χ1n) is 9.81. The Labute approximate surface area is 193 Å². The number of benzene rings is 1. The lowest BCUT2D eigenvalue weighted by molar-refractivity contribution is -0.143. The highest BCUT2D eigenvalue weighted by molar-refractivity contribution is 7.80. The van der Waals surface area contributed by atoms with Crippen LogP contribution in [0.2, 0.25) is 0 Å². The number of nitrogens with zero attached hydrogens (tertiary/aromatic N) is 1. The number of likely N-dealkylation sites (N-methyl/N-ethyl adjacent to an activating group) is 1. The number of alkyl carbamates (subject to hydrolysis) is 1. The minimum atomic E-state index is -1.16. The molecule has 3 amide bonds. The predicted octanol–water partition coefficient (Wildman–Crippen LogP) is 1.31. The van der Waals surface area contributed by atoms with Gasteiger partial charge in [0.1, 0.15) is 30.0 Å². The summed E-state index contributed by atoms with van der Waals surface area (Å²) in [5, 5.41) is 14.7. The summed E-state index contributed by atoms with van der Waals surface area (Å²) in [5.74, 6) is -1.93. The average Bonchev–Trinajstić information content (AvgIpc) is 2.70. The van der Waals surface area contributed by atoms with E-state index in [0.717, 1.165) is 4.90 Å². The Kier molecular flexibility index (Phi) is 9.82. The number of amides is 3. The summed E-state index contributed by atoms with van der Waals surface area (Å²) in [5.41, 5.74) is 0.125. The Balaban J connectivity index is 3.18. The van der Waals surface area contributed by atoms with Crippen LogP contribution >= 0.6 is 12.6 Å². The van der Waals surface area contributed by atoms with Crippen LogP contribution < -0.4 is 10.6 Å². The monoisotopic (exact) mass is 469 g/mol. The number of carbonyl (C=O) groups excluding carboxylic acids is 4. The molecule has 11 heteroatoms. The maximum Gasteiger partial charge on any atom is 0.408 e. The third kappa shape index (κ3) is 7.95. The second-order valence-electron chi connectivity index (χ2n) is 8.07. The van der Waals surface area contributed by atoms with Crippen LogP contribution in [-0.4, -0.2) is 72.0 Å². The Morgan fingerprint density at radius 1 is 1.22 bits per heavy atom. The number of nitrogens with one attached hydrogen (secondary N) is 2. The molecule has 0 aliphatic rings. The van der Waals surface area contributed by atoms with E-state index in [1.165, 1.54) is 26.3 Å². The molecular weight excluding hydrogens is 438 g/mol. The molecule has 0 spiro atoms. The van der Waals surface area contributed by atoms with E-state index in [-0.39, 0.29) is 11.5 Å². The van der Waals surface area contributed by atoms with Gasteiger partial charge in [0.2, 0.25) is 11.8 Å². The first-order valence-corrected chi connectivity index (χ1v) is 10.4. The molecule has 2 unspecified atom stereocenters. The molecule has 1 aromatic carbocycles. The molecule has 1 aromatic rings. The molecule has 0 aliphatic heterocycles. The van der Waals surface area contributed by atoms with Gasteiger partial charge in [0.25, 0.3) is 0 Å². The van der Waals surface area contributed by atoms with Gasteiger partial charge in [-0.25, -0.2) is 4.79 Å². The van der Waals surface area contributed by atoms with Crippen molar-refractivity contribution < 1.29 is 33.8 Å². The Hall–Kier alpha value is -2.95. The number of rotatable bonds is 8. The molecule has 0 heterocycles. The van der Waals surface area contributed by atoms with Crippen molar-refractivity contribution in [3.8, 4) is 5.75 Å². The fraction of sp³-hybridized carbons (Fsp3) is 0.524. The molecule has 0 bridgehead atoms. The van der Waals surface area contributed by atoms with Gasteiger partial charge < -0.3 is 30.1 Å². The largest absolute Gasteiger partial charge is 0.508 e. The van der Waals surface area contributed by atoms with Crippen molar-refractivity contribution in [2.75, 3.05) is 26.5 Å². The molecular formula is C21H31N3O7S. The summed E-state index contributed by atoms with van der Waals surface area (Å²) in [7, 11) is 2.57. The zero-order valence-corrected chi connectivity index (χ0v) is 20.0. The normalized spacial score (nSPS) is 12.8. The Morgan fingerprint density at radius 3 is 2.34 bits per heavy atom. The molecule has 0 fully saturated rings. The number of aromatic hydroxyl groups is 1. The summed E-state index contributed by atoms with van der Waals surface area (Å²) < 4.78 is 9.71. The minimum absolute atomic E-state index is 0.0243. The number of hydrogen-bond acceptors (Lipinski definition) is 8. The SMILES string of the molecule is COC(=O)CNC(=O)C(c1ccc(O)c(C)c1)N(C)C(=O)C(CS)NC(=O)OC(C)(C)C. The molecule has 0 saturated heterocycles. The topological polar surface area (TPSA) is 134 Å². The number of carbonyl (C=O) groups is 4. The minimum Gasteiger partial charge on any atom is -0.508 e. The van der Waals surface area contributed by atoms with Crippen LogP contribution in [0.15, 0.2) is 18.2 Å².